The van der Waals surface area contributed by atoms with Gasteiger partial charge in [0.05, 0.1) is 0 Å². The molecule has 0 spiro atoms. The van der Waals surface area contributed by atoms with Crippen molar-refractivity contribution in [2.45, 2.75) is 19.3 Å². The van der Waals surface area contributed by atoms with E-state index in [0.717, 1.165) is 30.6 Å². The van der Waals surface area contributed by atoms with Crippen molar-refractivity contribution in [1.29, 1.82) is 0 Å². The van der Waals surface area contributed by atoms with Crippen LogP contribution in [0.25, 0.3) is 0 Å². The average Bonchev–Trinajstić information content (AvgIpc) is 2.73. The Morgan fingerprint density at radius 1 is 0.778 bits per heavy atom. The first-order valence-electron chi connectivity index (χ1n) is 9.57. The molecule has 1 heterocycles. The summed E-state index contributed by atoms with van der Waals surface area (Å²) >= 11 is 0. The second kappa shape index (κ2) is 6.81. The van der Waals surface area contributed by atoms with Gasteiger partial charge in [-0.1, -0.05) is 42.5 Å². The van der Waals surface area contributed by atoms with Crippen molar-refractivity contribution < 1.29 is 0 Å². The minimum Gasteiger partial charge on any atom is -0.356 e. The van der Waals surface area contributed by atoms with Crippen LogP contribution in [0.4, 0.5) is 22.7 Å². The zero-order valence-corrected chi connectivity index (χ0v) is 15.2. The minimum atomic E-state index is 1.03. The normalized spacial score (nSPS) is 15.3. The highest BCUT2D eigenvalue weighted by Gasteiger charge is 2.26. The molecule has 0 saturated heterocycles. The maximum Gasteiger partial charge on any atom is 0.0498 e. The molecule has 1 aliphatic carbocycles. The van der Waals surface area contributed by atoms with Crippen molar-refractivity contribution in [1.82, 2.24) is 0 Å². The Morgan fingerprint density at radius 2 is 1.56 bits per heavy atom. The molecule has 0 saturated carbocycles. The third-order valence-corrected chi connectivity index (χ3v) is 5.29. The van der Waals surface area contributed by atoms with Crippen LogP contribution in [0.3, 0.4) is 0 Å². The molecule has 1 aliphatic heterocycles. The number of nitrogens with one attached hydrogen (secondary N) is 1. The Balaban J connectivity index is 1.57. The molecule has 5 rings (SSSR count). The lowest BCUT2D eigenvalue weighted by atomic mass is 9.89. The maximum atomic E-state index is 3.53. The summed E-state index contributed by atoms with van der Waals surface area (Å²) in [4.78, 5) is 2.41. The smallest absolute Gasteiger partial charge is 0.0498 e. The lowest BCUT2D eigenvalue weighted by Crippen LogP contribution is -2.24. The Hall–Kier alpha value is -3.26. The summed E-state index contributed by atoms with van der Waals surface area (Å²) in [7, 11) is 0. The predicted octanol–water partition coefficient (Wildman–Crippen LogP) is 6.73. The van der Waals surface area contributed by atoms with Crippen LogP contribution < -0.4 is 10.2 Å². The molecule has 2 nitrogen and oxygen atoms in total. The average molecular weight is 350 g/mol. The molecule has 3 aromatic carbocycles. The zero-order valence-electron chi connectivity index (χ0n) is 15.2. The van der Waals surface area contributed by atoms with Crippen LogP contribution >= 0.6 is 0 Å². The largest absolute Gasteiger partial charge is 0.356 e. The molecule has 27 heavy (non-hydrogen) atoms. The molecular formula is C25H22N2. The minimum absolute atomic E-state index is 1.03. The number of anilines is 4. The van der Waals surface area contributed by atoms with Gasteiger partial charge in [-0.3, -0.25) is 0 Å². The predicted molar refractivity (Wildman–Crippen MR) is 114 cm³/mol. The Kier molecular flexibility index (Phi) is 4.02. The molecule has 0 radical (unpaired) electrons. The molecule has 0 fully saturated rings. The van der Waals surface area contributed by atoms with Crippen LogP contribution in [0.5, 0.6) is 0 Å². The first kappa shape index (κ1) is 16.0. The fraction of sp³-hybridized carbons (Fsp3) is 0.120. The van der Waals surface area contributed by atoms with Crippen molar-refractivity contribution >= 4 is 22.7 Å². The summed E-state index contributed by atoms with van der Waals surface area (Å²) in [5, 5.41) is 3.53. The number of fused-ring (bicyclic) bond motifs is 1. The van der Waals surface area contributed by atoms with E-state index in [1.165, 1.54) is 28.2 Å². The number of hydrogen-bond donors (Lipinski definition) is 1. The quantitative estimate of drug-likeness (QED) is 0.563. The van der Waals surface area contributed by atoms with Crippen LogP contribution in [0.2, 0.25) is 0 Å². The molecule has 1 N–H and O–H groups in total. The van der Waals surface area contributed by atoms with E-state index >= 15 is 0 Å². The van der Waals surface area contributed by atoms with Gasteiger partial charge in [0.1, 0.15) is 0 Å². The second-order valence-electron chi connectivity index (χ2n) is 7.11. The van der Waals surface area contributed by atoms with Gasteiger partial charge in [-0.15, -0.1) is 0 Å². The number of allylic oxidation sites excluding steroid dienone is 3. The number of benzene rings is 3. The molecule has 0 bridgehead atoms. The highest BCUT2D eigenvalue weighted by atomic mass is 15.2. The van der Waals surface area contributed by atoms with Crippen molar-refractivity contribution in [2.75, 3.05) is 10.2 Å². The Labute approximate surface area is 160 Å². The summed E-state index contributed by atoms with van der Waals surface area (Å²) in [6.45, 7) is 0. The van der Waals surface area contributed by atoms with E-state index in [2.05, 4.69) is 95.2 Å². The lowest BCUT2D eigenvalue weighted by molar-refractivity contribution is 0.857. The van der Waals surface area contributed by atoms with E-state index < -0.39 is 0 Å². The van der Waals surface area contributed by atoms with E-state index in [1.54, 1.807) is 0 Å². The molecule has 0 atom stereocenters. The van der Waals surface area contributed by atoms with Gasteiger partial charge >= 0.3 is 0 Å². The molecule has 3 aromatic rings. The van der Waals surface area contributed by atoms with E-state index in [0.29, 0.717) is 0 Å². The zero-order chi connectivity index (χ0) is 18.1. The van der Waals surface area contributed by atoms with Crippen LogP contribution in [0.15, 0.2) is 102 Å². The van der Waals surface area contributed by atoms with Crippen LogP contribution in [-0.4, -0.2) is 0 Å². The number of hydrogen-bond acceptors (Lipinski definition) is 2. The Bertz CT molecular complexity index is 1020. The van der Waals surface area contributed by atoms with E-state index in [9.17, 15) is 0 Å². The monoisotopic (exact) mass is 350 g/mol. The van der Waals surface area contributed by atoms with Gasteiger partial charge in [0.25, 0.3) is 0 Å². The van der Waals surface area contributed by atoms with Crippen molar-refractivity contribution in [3.8, 4) is 0 Å². The summed E-state index contributed by atoms with van der Waals surface area (Å²) < 4.78 is 0. The molecule has 2 heteroatoms. The van der Waals surface area contributed by atoms with Gasteiger partial charge in [-0.2, -0.15) is 0 Å². The molecule has 0 amide bonds. The molecule has 132 valence electrons. The molecular weight excluding hydrogens is 328 g/mol. The highest BCUT2D eigenvalue weighted by Crippen LogP contribution is 2.43. The van der Waals surface area contributed by atoms with Gasteiger partial charge in [0, 0.05) is 28.4 Å². The van der Waals surface area contributed by atoms with E-state index in [1.807, 2.05) is 6.07 Å². The molecule has 2 aliphatic rings. The third kappa shape index (κ3) is 3.04. The molecule has 0 aromatic heterocycles. The van der Waals surface area contributed by atoms with Crippen molar-refractivity contribution in [3.63, 3.8) is 0 Å². The van der Waals surface area contributed by atoms with Gasteiger partial charge in [0.2, 0.25) is 0 Å². The van der Waals surface area contributed by atoms with Gasteiger partial charge in [0.15, 0.2) is 0 Å². The molecule has 0 unspecified atom stereocenters. The van der Waals surface area contributed by atoms with E-state index in [4.69, 9.17) is 0 Å². The fourth-order valence-electron chi connectivity index (χ4n) is 4.04. The Morgan fingerprint density at radius 3 is 2.37 bits per heavy atom. The number of nitrogens with zero attached hydrogens (tertiary/aromatic N) is 1. The maximum absolute atomic E-state index is 3.53. The summed E-state index contributed by atoms with van der Waals surface area (Å²) in [6.07, 6.45) is 7.91. The van der Waals surface area contributed by atoms with Gasteiger partial charge in [-0.25, -0.2) is 0 Å². The third-order valence-electron chi connectivity index (χ3n) is 5.29. The van der Waals surface area contributed by atoms with E-state index in [-0.39, 0.29) is 0 Å². The first-order valence-corrected chi connectivity index (χ1v) is 9.57. The SMILES string of the molecule is C1=CC2=C(CC1)Cc1cc(Nc3ccccc3)ccc1N2c1ccccc1. The summed E-state index contributed by atoms with van der Waals surface area (Å²) in [6, 6.07) is 27.8. The van der Waals surface area contributed by atoms with Crippen LogP contribution in [-0.2, 0) is 6.42 Å². The second-order valence-corrected chi connectivity index (χ2v) is 7.11. The fourth-order valence-corrected chi connectivity index (χ4v) is 4.04. The van der Waals surface area contributed by atoms with Crippen molar-refractivity contribution in [2.24, 2.45) is 0 Å². The first-order chi connectivity index (χ1) is 13.4. The van der Waals surface area contributed by atoms with Gasteiger partial charge < -0.3 is 10.2 Å². The number of para-hydroxylation sites is 2. The standard InChI is InChI=1S/C25H22N2/c1-3-10-21(11-4-1)26-22-15-16-25-20(18-22)17-19-9-7-8-14-24(19)27(25)23-12-5-2-6-13-23/h1-6,8,10-16,18,26H,7,9,17H2. The summed E-state index contributed by atoms with van der Waals surface area (Å²) in [5.74, 6) is 0. The van der Waals surface area contributed by atoms with Crippen LogP contribution in [0, 0.1) is 0 Å². The topological polar surface area (TPSA) is 15.3 Å². The number of rotatable bonds is 3. The lowest BCUT2D eigenvalue weighted by Gasteiger charge is -2.36. The van der Waals surface area contributed by atoms with Crippen LogP contribution in [0.1, 0.15) is 18.4 Å². The van der Waals surface area contributed by atoms with Gasteiger partial charge in [-0.05, 0) is 78.9 Å². The van der Waals surface area contributed by atoms with Crippen molar-refractivity contribution in [3.05, 3.63) is 108 Å². The highest BCUT2D eigenvalue weighted by molar-refractivity contribution is 5.78. The summed E-state index contributed by atoms with van der Waals surface area (Å²) in [5.41, 5.74) is 9.03.